The zero-order valence-corrected chi connectivity index (χ0v) is 18.5. The molecule has 0 aliphatic heterocycles. The van der Waals surface area contributed by atoms with Crippen LogP contribution in [0.4, 0.5) is 4.39 Å². The quantitative estimate of drug-likeness (QED) is 0.613. The van der Waals surface area contributed by atoms with E-state index in [0.717, 1.165) is 17.7 Å². The third-order valence-electron chi connectivity index (χ3n) is 5.10. The van der Waals surface area contributed by atoms with Crippen LogP contribution in [0.2, 0.25) is 0 Å². The van der Waals surface area contributed by atoms with Gasteiger partial charge in [-0.3, -0.25) is 9.48 Å². The highest BCUT2D eigenvalue weighted by molar-refractivity contribution is 5.96. The Morgan fingerprint density at radius 1 is 1.03 bits per heavy atom. The Morgan fingerprint density at radius 2 is 1.67 bits per heavy atom. The van der Waals surface area contributed by atoms with Crippen LogP contribution in [0.25, 0.3) is 22.6 Å². The summed E-state index contributed by atoms with van der Waals surface area (Å²) < 4.78 is 15.3. The van der Waals surface area contributed by atoms with Crippen LogP contribution in [0.5, 0.6) is 0 Å². The molecule has 3 aromatic rings. The first kappa shape index (κ1) is 21.7. The van der Waals surface area contributed by atoms with Crippen molar-refractivity contribution in [3.63, 3.8) is 0 Å². The van der Waals surface area contributed by atoms with E-state index in [1.807, 2.05) is 31.5 Å². The Balaban J connectivity index is 2.15. The van der Waals surface area contributed by atoms with Crippen molar-refractivity contribution in [2.24, 2.45) is 0 Å². The van der Waals surface area contributed by atoms with Gasteiger partial charge in [0.05, 0.1) is 22.6 Å². The summed E-state index contributed by atoms with van der Waals surface area (Å²) in [6.07, 6.45) is 2.53. The molecule has 1 amide bonds. The molecule has 0 fully saturated rings. The fraction of sp³-hybridized carbons (Fsp3) is 0.375. The highest BCUT2D eigenvalue weighted by Gasteiger charge is 2.23. The minimum atomic E-state index is -0.330. The lowest BCUT2D eigenvalue weighted by Gasteiger charge is -2.25. The number of hydrogen-bond donors (Lipinski definition) is 1. The predicted octanol–water partition coefficient (Wildman–Crippen LogP) is 5.42. The normalized spacial score (nSPS) is 12.1. The number of halogens is 1. The van der Waals surface area contributed by atoms with Gasteiger partial charge in [0.1, 0.15) is 5.82 Å². The molecule has 2 aromatic heterocycles. The van der Waals surface area contributed by atoms with Gasteiger partial charge in [-0.2, -0.15) is 5.10 Å². The van der Waals surface area contributed by atoms with Crippen LogP contribution in [-0.2, 0) is 5.54 Å². The monoisotopic (exact) mass is 408 g/mol. The van der Waals surface area contributed by atoms with Crippen molar-refractivity contribution < 1.29 is 9.18 Å². The largest absolute Gasteiger partial charge is 0.347 e. The van der Waals surface area contributed by atoms with Crippen molar-refractivity contribution in [1.29, 1.82) is 0 Å². The summed E-state index contributed by atoms with van der Waals surface area (Å²) in [5.74, 6) is -0.487. The maximum Gasteiger partial charge on any atom is 0.251 e. The van der Waals surface area contributed by atoms with Crippen molar-refractivity contribution in [2.45, 2.75) is 59.0 Å². The summed E-state index contributed by atoms with van der Waals surface area (Å²) >= 11 is 0. The number of carbonyl (C=O) groups is 1. The van der Waals surface area contributed by atoms with E-state index < -0.39 is 0 Å². The third kappa shape index (κ3) is 4.75. The summed E-state index contributed by atoms with van der Waals surface area (Å²) in [5.41, 5.74) is 2.72. The maximum absolute atomic E-state index is 13.4. The van der Waals surface area contributed by atoms with Gasteiger partial charge in [-0.25, -0.2) is 9.37 Å². The molecule has 0 saturated carbocycles. The van der Waals surface area contributed by atoms with Gasteiger partial charge in [0.2, 0.25) is 0 Å². The van der Waals surface area contributed by atoms with Gasteiger partial charge in [-0.15, -0.1) is 0 Å². The van der Waals surface area contributed by atoms with Gasteiger partial charge in [0.15, 0.2) is 0 Å². The smallest absolute Gasteiger partial charge is 0.251 e. The molecule has 0 aliphatic carbocycles. The average molecular weight is 409 g/mol. The Labute approximate surface area is 177 Å². The van der Waals surface area contributed by atoms with Crippen LogP contribution in [0.15, 0.2) is 48.7 Å². The molecule has 0 atom stereocenters. The lowest BCUT2D eigenvalue weighted by atomic mass is 10.0. The summed E-state index contributed by atoms with van der Waals surface area (Å²) in [7, 11) is 0. The van der Waals surface area contributed by atoms with Gasteiger partial charge in [0, 0.05) is 22.9 Å². The molecule has 158 valence electrons. The van der Waals surface area contributed by atoms with E-state index in [9.17, 15) is 9.18 Å². The minimum absolute atomic E-state index is 0.171. The zero-order chi connectivity index (χ0) is 22.1. The molecule has 0 saturated heterocycles. The summed E-state index contributed by atoms with van der Waals surface area (Å²) in [4.78, 5) is 17.8. The van der Waals surface area contributed by atoms with E-state index in [4.69, 9.17) is 4.98 Å². The van der Waals surface area contributed by atoms with Crippen LogP contribution >= 0.6 is 0 Å². The molecule has 1 aromatic carbocycles. The van der Waals surface area contributed by atoms with Crippen LogP contribution in [0.3, 0.4) is 0 Å². The molecular formula is C24H29FN4O. The number of nitrogens with one attached hydrogen (secondary N) is 1. The van der Waals surface area contributed by atoms with E-state index in [1.54, 1.807) is 30.5 Å². The molecular weight excluding hydrogens is 379 g/mol. The van der Waals surface area contributed by atoms with Crippen LogP contribution in [-0.4, -0.2) is 26.2 Å². The summed E-state index contributed by atoms with van der Waals surface area (Å²) in [5, 5.41) is 7.53. The lowest BCUT2D eigenvalue weighted by Crippen LogP contribution is -2.42. The second-order valence-electron chi connectivity index (χ2n) is 9.12. The zero-order valence-electron chi connectivity index (χ0n) is 18.5. The number of benzene rings is 1. The number of nitrogens with zero attached hydrogens (tertiary/aromatic N) is 3. The first-order valence-electron chi connectivity index (χ1n) is 10.2. The standard InChI is InChI=1S/C24H29FN4O/c1-7-24(5,6)28-22(30)17-14-19(16-8-10-18(25)11-9-16)27-20(15-17)21-12-13-26-29(21)23(2,3)4/h8-15H,7H2,1-6H3,(H,28,30). The fourth-order valence-corrected chi connectivity index (χ4v) is 3.06. The Hall–Kier alpha value is -3.02. The average Bonchev–Trinajstić information content (AvgIpc) is 3.18. The van der Waals surface area contributed by atoms with Crippen molar-refractivity contribution in [3.05, 3.63) is 60.0 Å². The Bertz CT molecular complexity index is 1050. The number of amides is 1. The van der Waals surface area contributed by atoms with Crippen molar-refractivity contribution in [2.75, 3.05) is 0 Å². The molecule has 0 spiro atoms. The van der Waals surface area contributed by atoms with Crippen LogP contribution in [0.1, 0.15) is 58.3 Å². The first-order valence-corrected chi connectivity index (χ1v) is 10.2. The fourth-order valence-electron chi connectivity index (χ4n) is 3.06. The van der Waals surface area contributed by atoms with E-state index in [0.29, 0.717) is 17.0 Å². The molecule has 6 heteroatoms. The minimum Gasteiger partial charge on any atom is -0.347 e. The van der Waals surface area contributed by atoms with Crippen LogP contribution in [0, 0.1) is 5.82 Å². The second-order valence-corrected chi connectivity index (χ2v) is 9.12. The number of hydrogen-bond acceptors (Lipinski definition) is 3. The van der Waals surface area contributed by atoms with E-state index >= 15 is 0 Å². The second kappa shape index (κ2) is 8.01. The maximum atomic E-state index is 13.4. The molecule has 0 bridgehead atoms. The topological polar surface area (TPSA) is 59.8 Å². The molecule has 1 N–H and O–H groups in total. The lowest BCUT2D eigenvalue weighted by molar-refractivity contribution is 0.0911. The molecule has 30 heavy (non-hydrogen) atoms. The molecule has 5 nitrogen and oxygen atoms in total. The van der Waals surface area contributed by atoms with Gasteiger partial charge in [-0.05, 0) is 83.5 Å². The number of rotatable bonds is 5. The Morgan fingerprint density at radius 3 is 2.27 bits per heavy atom. The van der Waals surface area contributed by atoms with Gasteiger partial charge in [-0.1, -0.05) is 6.92 Å². The molecule has 0 unspecified atom stereocenters. The molecule has 0 aliphatic rings. The van der Waals surface area contributed by atoms with Crippen molar-refractivity contribution >= 4 is 5.91 Å². The number of carbonyl (C=O) groups excluding carboxylic acids is 1. The van der Waals surface area contributed by atoms with Gasteiger partial charge in [0.25, 0.3) is 5.91 Å². The summed E-state index contributed by atoms with van der Waals surface area (Å²) in [6, 6.07) is 11.5. The third-order valence-corrected chi connectivity index (χ3v) is 5.10. The summed E-state index contributed by atoms with van der Waals surface area (Å²) in [6.45, 7) is 12.2. The van der Waals surface area contributed by atoms with E-state index in [2.05, 4.69) is 31.2 Å². The van der Waals surface area contributed by atoms with E-state index in [1.165, 1.54) is 12.1 Å². The SMILES string of the molecule is CCC(C)(C)NC(=O)c1cc(-c2ccc(F)cc2)nc(-c2ccnn2C(C)(C)C)c1. The predicted molar refractivity (Wildman–Crippen MR) is 118 cm³/mol. The number of pyridine rings is 1. The van der Waals surface area contributed by atoms with Crippen molar-refractivity contribution in [3.8, 4) is 22.6 Å². The van der Waals surface area contributed by atoms with Crippen molar-refractivity contribution in [1.82, 2.24) is 20.1 Å². The number of aromatic nitrogens is 3. The highest BCUT2D eigenvalue weighted by atomic mass is 19.1. The highest BCUT2D eigenvalue weighted by Crippen LogP contribution is 2.28. The first-order chi connectivity index (χ1) is 14.0. The molecule has 0 radical (unpaired) electrons. The van der Waals surface area contributed by atoms with E-state index in [-0.39, 0.29) is 22.8 Å². The molecule has 3 rings (SSSR count). The molecule has 2 heterocycles. The Kier molecular flexibility index (Phi) is 5.79. The van der Waals surface area contributed by atoms with Gasteiger partial charge >= 0.3 is 0 Å². The van der Waals surface area contributed by atoms with Crippen LogP contribution < -0.4 is 5.32 Å². The van der Waals surface area contributed by atoms with Gasteiger partial charge < -0.3 is 5.32 Å².